The number of aliphatic imine (C=N–C) groups is 1. The van der Waals surface area contributed by atoms with Crippen molar-refractivity contribution in [2.45, 2.75) is 13.8 Å². The topological polar surface area (TPSA) is 40.5 Å². The summed E-state index contributed by atoms with van der Waals surface area (Å²) in [6.07, 6.45) is 9.11. The number of halogens is 1. The summed E-state index contributed by atoms with van der Waals surface area (Å²) in [5, 5.41) is 0. The molecule has 1 aromatic rings. The Labute approximate surface area is 204 Å². The van der Waals surface area contributed by atoms with Gasteiger partial charge in [-0.05, 0) is 24.3 Å². The minimum Gasteiger partial charge on any atom is -0.455 e. The van der Waals surface area contributed by atoms with Crippen molar-refractivity contribution in [1.82, 2.24) is 14.7 Å². The van der Waals surface area contributed by atoms with Gasteiger partial charge in [0.25, 0.3) is 0 Å². The molecule has 0 amide bonds. The summed E-state index contributed by atoms with van der Waals surface area (Å²) >= 11 is 5.75. The molecular weight excluding hydrogens is 436 g/mol. The summed E-state index contributed by atoms with van der Waals surface area (Å²) in [5.41, 5.74) is 0.798. The maximum absolute atomic E-state index is 6.02. The van der Waals surface area contributed by atoms with Crippen LogP contribution in [0.1, 0.15) is 13.8 Å². The molecule has 2 saturated heterocycles. The minimum absolute atomic E-state index is 0.427. The second-order valence-corrected chi connectivity index (χ2v) is 7.82. The predicted octanol–water partition coefficient (Wildman–Crippen LogP) is 4.57. The first-order valence-corrected chi connectivity index (χ1v) is 12.4. The van der Waals surface area contributed by atoms with Gasteiger partial charge in [0, 0.05) is 58.2 Å². The van der Waals surface area contributed by atoms with Gasteiger partial charge in [0.15, 0.2) is 5.75 Å². The summed E-state index contributed by atoms with van der Waals surface area (Å²) in [6.45, 7) is 17.9. The Bertz CT molecular complexity index is 767. The Kier molecular flexibility index (Phi) is 13.6. The number of morpholine rings is 1. The molecule has 0 aliphatic carbocycles. The molecule has 0 unspecified atom stereocenters. The van der Waals surface area contributed by atoms with Crippen LogP contribution in [-0.4, -0.2) is 92.5 Å². The molecular formula is C26H39ClN4O2. The van der Waals surface area contributed by atoms with E-state index in [-0.39, 0.29) is 0 Å². The predicted molar refractivity (Wildman–Crippen MR) is 140 cm³/mol. The van der Waals surface area contributed by atoms with Crippen LogP contribution in [-0.2, 0) is 4.74 Å². The standard InChI is InChI=1S/C24H33ClN4O2.C2H6/c1-2-6-22(7-5-10-25)31-24-9-4-3-8-23(24)26-21-29-15-13-27(14-16-29)11-12-28-17-19-30-20-18-28;1-2/h2-9,21H,1,10-20H2;1-2H3/b7-5-,22-6+,26-21?;. The van der Waals surface area contributed by atoms with Crippen LogP contribution in [0.15, 0.2) is 65.9 Å². The number of benzene rings is 1. The van der Waals surface area contributed by atoms with Crippen molar-refractivity contribution in [2.24, 2.45) is 4.99 Å². The first-order chi connectivity index (χ1) is 16.3. The van der Waals surface area contributed by atoms with E-state index in [4.69, 9.17) is 26.1 Å². The molecule has 0 radical (unpaired) electrons. The second kappa shape index (κ2) is 16.5. The fourth-order valence-electron chi connectivity index (χ4n) is 3.53. The van der Waals surface area contributed by atoms with E-state index in [1.165, 1.54) is 0 Å². The number of hydrogen-bond acceptors (Lipinski definition) is 5. The van der Waals surface area contributed by atoms with Gasteiger partial charge in [0.2, 0.25) is 0 Å². The summed E-state index contributed by atoms with van der Waals surface area (Å²) < 4.78 is 11.5. The molecule has 6 nitrogen and oxygen atoms in total. The molecule has 2 fully saturated rings. The van der Waals surface area contributed by atoms with Crippen molar-refractivity contribution >= 4 is 23.6 Å². The van der Waals surface area contributed by atoms with Gasteiger partial charge in [0.05, 0.1) is 19.6 Å². The van der Waals surface area contributed by atoms with Gasteiger partial charge in [-0.15, -0.1) is 11.6 Å². The molecule has 0 bridgehead atoms. The smallest absolute Gasteiger partial charge is 0.153 e. The molecule has 2 aliphatic rings. The van der Waals surface area contributed by atoms with Crippen LogP contribution in [0.5, 0.6) is 5.75 Å². The summed E-state index contributed by atoms with van der Waals surface area (Å²) in [5.74, 6) is 1.80. The highest BCUT2D eigenvalue weighted by Gasteiger charge is 2.17. The zero-order valence-electron chi connectivity index (χ0n) is 20.2. The minimum atomic E-state index is 0.427. The maximum Gasteiger partial charge on any atom is 0.153 e. The van der Waals surface area contributed by atoms with Gasteiger partial charge in [-0.1, -0.05) is 44.7 Å². The lowest BCUT2D eigenvalue weighted by molar-refractivity contribution is 0.0316. The van der Waals surface area contributed by atoms with Gasteiger partial charge in [-0.2, -0.15) is 0 Å². The van der Waals surface area contributed by atoms with E-state index in [2.05, 4.69) is 21.3 Å². The Balaban J connectivity index is 0.00000187. The third-order valence-corrected chi connectivity index (χ3v) is 5.53. The highest BCUT2D eigenvalue weighted by Crippen LogP contribution is 2.28. The lowest BCUT2D eigenvalue weighted by Crippen LogP contribution is -2.48. The average Bonchev–Trinajstić information content (AvgIpc) is 2.88. The highest BCUT2D eigenvalue weighted by atomic mass is 35.5. The lowest BCUT2D eigenvalue weighted by atomic mass is 10.3. The van der Waals surface area contributed by atoms with Crippen molar-refractivity contribution in [3.05, 3.63) is 60.9 Å². The monoisotopic (exact) mass is 474 g/mol. The molecule has 1 aromatic carbocycles. The Morgan fingerprint density at radius 2 is 1.73 bits per heavy atom. The first-order valence-electron chi connectivity index (χ1n) is 11.9. The van der Waals surface area contributed by atoms with Gasteiger partial charge in [-0.25, -0.2) is 4.99 Å². The third-order valence-electron chi connectivity index (χ3n) is 5.35. The molecule has 0 aromatic heterocycles. The van der Waals surface area contributed by atoms with Crippen molar-refractivity contribution in [2.75, 3.05) is 71.5 Å². The third kappa shape index (κ3) is 10.1. The van der Waals surface area contributed by atoms with Crippen LogP contribution in [0, 0.1) is 0 Å². The van der Waals surface area contributed by atoms with Crippen LogP contribution < -0.4 is 4.74 Å². The van der Waals surface area contributed by atoms with Crippen molar-refractivity contribution in [1.29, 1.82) is 0 Å². The number of hydrogen-bond donors (Lipinski definition) is 0. The second-order valence-electron chi connectivity index (χ2n) is 7.51. The lowest BCUT2D eigenvalue weighted by Gasteiger charge is -2.35. The maximum atomic E-state index is 6.02. The zero-order valence-corrected chi connectivity index (χ0v) is 20.9. The highest BCUT2D eigenvalue weighted by molar-refractivity contribution is 6.18. The summed E-state index contributed by atoms with van der Waals surface area (Å²) in [7, 11) is 0. The number of rotatable bonds is 10. The van der Waals surface area contributed by atoms with Crippen molar-refractivity contribution in [3.63, 3.8) is 0 Å². The fraction of sp³-hybridized carbons (Fsp3) is 0.500. The molecule has 0 saturated carbocycles. The SMILES string of the molecule is C=C/C=C(\C=C/CCl)Oc1ccccc1N=CN1CCN(CCN2CCOCC2)CC1.CC. The summed E-state index contributed by atoms with van der Waals surface area (Å²) in [6, 6.07) is 7.79. The molecule has 0 spiro atoms. The van der Waals surface area contributed by atoms with Gasteiger partial charge >= 0.3 is 0 Å². The van der Waals surface area contributed by atoms with Crippen LogP contribution in [0.3, 0.4) is 0 Å². The number of allylic oxidation sites excluding steroid dienone is 4. The fourth-order valence-corrected chi connectivity index (χ4v) is 3.62. The quantitative estimate of drug-likeness (QED) is 0.163. The van der Waals surface area contributed by atoms with Gasteiger partial charge < -0.3 is 14.4 Å². The molecule has 0 atom stereocenters. The molecule has 33 heavy (non-hydrogen) atoms. The van der Waals surface area contributed by atoms with Crippen molar-refractivity contribution < 1.29 is 9.47 Å². The zero-order chi connectivity index (χ0) is 23.7. The molecule has 3 rings (SSSR count). The van der Waals surface area contributed by atoms with Crippen molar-refractivity contribution in [3.8, 4) is 5.75 Å². The largest absolute Gasteiger partial charge is 0.455 e. The Morgan fingerprint density at radius 3 is 2.39 bits per heavy atom. The molecule has 0 N–H and O–H groups in total. The Morgan fingerprint density at radius 1 is 1.06 bits per heavy atom. The number of alkyl halides is 1. The summed E-state index contributed by atoms with van der Waals surface area (Å²) in [4.78, 5) is 12.0. The normalized spacial score (nSPS) is 18.4. The van der Waals surface area contributed by atoms with E-state index in [0.29, 0.717) is 17.4 Å². The van der Waals surface area contributed by atoms with E-state index in [9.17, 15) is 0 Å². The van der Waals surface area contributed by atoms with Crippen LogP contribution >= 0.6 is 11.6 Å². The van der Waals surface area contributed by atoms with E-state index in [1.807, 2.05) is 56.6 Å². The van der Waals surface area contributed by atoms with Crippen LogP contribution in [0.4, 0.5) is 5.69 Å². The van der Waals surface area contributed by atoms with Crippen LogP contribution in [0.25, 0.3) is 0 Å². The Hall–Kier alpha value is -2.12. The number of nitrogens with zero attached hydrogens (tertiary/aromatic N) is 4. The number of piperazine rings is 1. The molecule has 182 valence electrons. The first kappa shape index (κ1) is 27.1. The molecule has 7 heteroatoms. The number of para-hydroxylation sites is 2. The van der Waals surface area contributed by atoms with Crippen LogP contribution in [0.2, 0.25) is 0 Å². The number of ether oxygens (including phenoxy) is 2. The average molecular weight is 475 g/mol. The van der Waals surface area contributed by atoms with E-state index in [0.717, 1.165) is 71.3 Å². The molecule has 2 aliphatic heterocycles. The molecule has 2 heterocycles. The van der Waals surface area contributed by atoms with E-state index >= 15 is 0 Å². The van der Waals surface area contributed by atoms with Gasteiger partial charge in [0.1, 0.15) is 11.4 Å². The van der Waals surface area contributed by atoms with E-state index < -0.39 is 0 Å². The van der Waals surface area contributed by atoms with E-state index in [1.54, 1.807) is 12.2 Å². The van der Waals surface area contributed by atoms with Gasteiger partial charge in [-0.3, -0.25) is 9.80 Å².